The summed E-state index contributed by atoms with van der Waals surface area (Å²) in [6, 6.07) is 23.0. The van der Waals surface area contributed by atoms with E-state index in [2.05, 4.69) is 20.9 Å². The minimum Gasteiger partial charge on any atom is -0.422 e. The van der Waals surface area contributed by atoms with E-state index in [-0.39, 0.29) is 11.6 Å². The number of carbonyl (C=O) groups excluding carboxylic acids is 2. The fraction of sp³-hybridized carbons (Fsp3) is 0. The minimum atomic E-state index is -0.566. The molecule has 0 atom stereocenters. The SMILES string of the molecule is O=C1OC(c2ccccc2)=N/C1=C\c1cc(Br)ccc1OC(=O)c1ccccc1. The van der Waals surface area contributed by atoms with Crippen LogP contribution in [0.5, 0.6) is 5.75 Å². The second-order valence-corrected chi connectivity index (χ2v) is 7.06. The maximum atomic E-state index is 12.4. The molecule has 0 saturated heterocycles. The van der Waals surface area contributed by atoms with Crippen LogP contribution in [0.4, 0.5) is 0 Å². The molecule has 1 heterocycles. The Morgan fingerprint density at radius 2 is 1.66 bits per heavy atom. The highest BCUT2D eigenvalue weighted by molar-refractivity contribution is 9.10. The summed E-state index contributed by atoms with van der Waals surface area (Å²) in [5.41, 5.74) is 1.78. The maximum absolute atomic E-state index is 12.4. The van der Waals surface area contributed by atoms with Gasteiger partial charge in [-0.25, -0.2) is 14.6 Å². The largest absolute Gasteiger partial charge is 0.422 e. The summed E-state index contributed by atoms with van der Waals surface area (Å²) in [7, 11) is 0. The first-order valence-corrected chi connectivity index (χ1v) is 9.54. The number of halogens is 1. The highest BCUT2D eigenvalue weighted by Gasteiger charge is 2.24. The molecule has 1 aliphatic heterocycles. The molecule has 0 bridgehead atoms. The Labute approximate surface area is 175 Å². The lowest BCUT2D eigenvalue weighted by Crippen LogP contribution is -2.09. The number of carbonyl (C=O) groups is 2. The number of hydrogen-bond acceptors (Lipinski definition) is 5. The van der Waals surface area contributed by atoms with Gasteiger partial charge in [0.2, 0.25) is 5.90 Å². The number of nitrogens with zero attached hydrogens (tertiary/aromatic N) is 1. The maximum Gasteiger partial charge on any atom is 0.363 e. The smallest absolute Gasteiger partial charge is 0.363 e. The van der Waals surface area contributed by atoms with Crippen molar-refractivity contribution in [2.75, 3.05) is 0 Å². The Bertz CT molecular complexity index is 1140. The highest BCUT2D eigenvalue weighted by Crippen LogP contribution is 2.28. The van der Waals surface area contributed by atoms with Crippen molar-refractivity contribution in [1.29, 1.82) is 0 Å². The van der Waals surface area contributed by atoms with E-state index in [4.69, 9.17) is 9.47 Å². The number of rotatable bonds is 4. The number of hydrogen-bond donors (Lipinski definition) is 0. The number of esters is 2. The molecular formula is C23H14BrNO4. The minimum absolute atomic E-state index is 0.124. The summed E-state index contributed by atoms with van der Waals surface area (Å²) in [5, 5.41) is 0. The van der Waals surface area contributed by atoms with Gasteiger partial charge in [-0.05, 0) is 48.5 Å². The molecule has 0 aliphatic carbocycles. The van der Waals surface area contributed by atoms with Crippen molar-refractivity contribution in [3.8, 4) is 5.75 Å². The Morgan fingerprint density at radius 3 is 2.38 bits per heavy atom. The Hall–Kier alpha value is -3.51. The van der Waals surface area contributed by atoms with E-state index in [1.807, 2.05) is 24.3 Å². The van der Waals surface area contributed by atoms with Crippen LogP contribution >= 0.6 is 15.9 Å². The molecule has 0 aromatic heterocycles. The lowest BCUT2D eigenvalue weighted by atomic mass is 10.1. The Balaban J connectivity index is 1.66. The molecule has 0 fully saturated rings. The van der Waals surface area contributed by atoms with Crippen molar-refractivity contribution in [3.05, 3.63) is 106 Å². The van der Waals surface area contributed by atoms with E-state index in [9.17, 15) is 9.59 Å². The van der Waals surface area contributed by atoms with Gasteiger partial charge in [0.15, 0.2) is 5.70 Å². The van der Waals surface area contributed by atoms with Gasteiger partial charge in [0, 0.05) is 15.6 Å². The summed E-state index contributed by atoms with van der Waals surface area (Å²) in [6.45, 7) is 0. The van der Waals surface area contributed by atoms with E-state index in [0.717, 1.165) is 4.47 Å². The van der Waals surface area contributed by atoms with Crippen molar-refractivity contribution in [2.45, 2.75) is 0 Å². The molecular weight excluding hydrogens is 434 g/mol. The van der Waals surface area contributed by atoms with E-state index in [0.29, 0.717) is 22.4 Å². The number of benzene rings is 3. The zero-order valence-electron chi connectivity index (χ0n) is 15.0. The molecule has 0 N–H and O–H groups in total. The first kappa shape index (κ1) is 18.8. The molecule has 0 amide bonds. The second kappa shape index (κ2) is 8.24. The monoisotopic (exact) mass is 447 g/mol. The van der Waals surface area contributed by atoms with Crippen molar-refractivity contribution in [3.63, 3.8) is 0 Å². The Morgan fingerprint density at radius 1 is 0.966 bits per heavy atom. The summed E-state index contributed by atoms with van der Waals surface area (Å²) >= 11 is 3.40. The van der Waals surface area contributed by atoms with Crippen LogP contribution in [0.2, 0.25) is 0 Å². The average Bonchev–Trinajstić information content (AvgIpc) is 3.11. The van der Waals surface area contributed by atoms with Gasteiger partial charge in [-0.1, -0.05) is 52.3 Å². The lowest BCUT2D eigenvalue weighted by molar-refractivity contribution is -0.129. The van der Waals surface area contributed by atoms with Gasteiger partial charge < -0.3 is 9.47 Å². The van der Waals surface area contributed by atoms with Gasteiger partial charge in [-0.2, -0.15) is 0 Å². The van der Waals surface area contributed by atoms with Crippen LogP contribution in [0.1, 0.15) is 21.5 Å². The number of ether oxygens (including phenoxy) is 2. The van der Waals surface area contributed by atoms with Gasteiger partial charge in [0.1, 0.15) is 5.75 Å². The average molecular weight is 448 g/mol. The van der Waals surface area contributed by atoms with E-state index in [1.165, 1.54) is 6.08 Å². The molecule has 0 radical (unpaired) electrons. The third-order valence-electron chi connectivity index (χ3n) is 4.12. The van der Waals surface area contributed by atoms with Gasteiger partial charge in [-0.15, -0.1) is 0 Å². The zero-order chi connectivity index (χ0) is 20.2. The molecule has 29 heavy (non-hydrogen) atoms. The Kier molecular flexibility index (Phi) is 5.35. The summed E-state index contributed by atoms with van der Waals surface area (Å²) in [4.78, 5) is 29.0. The van der Waals surface area contributed by atoms with E-state index >= 15 is 0 Å². The van der Waals surface area contributed by atoms with Crippen LogP contribution in [0.15, 0.2) is 94.0 Å². The van der Waals surface area contributed by atoms with Crippen LogP contribution in [-0.4, -0.2) is 17.8 Å². The van der Waals surface area contributed by atoms with Crippen molar-refractivity contribution in [2.24, 2.45) is 4.99 Å². The molecule has 0 unspecified atom stereocenters. The fourth-order valence-corrected chi connectivity index (χ4v) is 3.10. The van der Waals surface area contributed by atoms with Crippen LogP contribution in [0, 0.1) is 0 Å². The normalized spacial score (nSPS) is 14.4. The molecule has 142 valence electrons. The molecule has 4 rings (SSSR count). The topological polar surface area (TPSA) is 65.0 Å². The van der Waals surface area contributed by atoms with Crippen molar-refractivity contribution >= 4 is 39.8 Å². The standard InChI is InChI=1S/C23H14BrNO4/c24-18-11-12-20(28-22(26)16-9-5-2-6-10-16)17(13-18)14-19-23(27)29-21(25-19)15-7-3-1-4-8-15/h1-14H/b19-14-. The molecule has 0 saturated carbocycles. The third-order valence-corrected chi connectivity index (χ3v) is 4.61. The molecule has 6 heteroatoms. The van der Waals surface area contributed by atoms with Crippen LogP contribution in [0.25, 0.3) is 6.08 Å². The summed E-state index contributed by atoms with van der Waals surface area (Å²) in [6.07, 6.45) is 1.54. The second-order valence-electron chi connectivity index (χ2n) is 6.14. The van der Waals surface area contributed by atoms with Gasteiger partial charge in [0.25, 0.3) is 0 Å². The first-order chi connectivity index (χ1) is 14.1. The summed E-state index contributed by atoms with van der Waals surface area (Å²) < 4.78 is 11.6. The van der Waals surface area contributed by atoms with Crippen molar-refractivity contribution < 1.29 is 19.1 Å². The summed E-state index contributed by atoms with van der Waals surface area (Å²) in [5.74, 6) is -0.510. The molecule has 3 aromatic carbocycles. The van der Waals surface area contributed by atoms with Crippen LogP contribution in [0.3, 0.4) is 0 Å². The predicted octanol–water partition coefficient (Wildman–Crippen LogP) is 5.01. The fourth-order valence-electron chi connectivity index (χ4n) is 2.72. The number of aliphatic imine (C=N–C) groups is 1. The number of cyclic esters (lactones) is 1. The lowest BCUT2D eigenvalue weighted by Gasteiger charge is -2.08. The van der Waals surface area contributed by atoms with Crippen molar-refractivity contribution in [1.82, 2.24) is 0 Å². The van der Waals surface area contributed by atoms with Gasteiger partial charge in [-0.3, -0.25) is 0 Å². The van der Waals surface area contributed by atoms with E-state index in [1.54, 1.807) is 54.6 Å². The van der Waals surface area contributed by atoms with Crippen LogP contribution in [-0.2, 0) is 9.53 Å². The van der Waals surface area contributed by atoms with Crippen LogP contribution < -0.4 is 4.74 Å². The molecule has 1 aliphatic rings. The molecule has 0 spiro atoms. The highest BCUT2D eigenvalue weighted by atomic mass is 79.9. The van der Waals surface area contributed by atoms with Gasteiger partial charge in [0.05, 0.1) is 5.56 Å². The first-order valence-electron chi connectivity index (χ1n) is 8.75. The predicted molar refractivity (Wildman–Crippen MR) is 113 cm³/mol. The molecule has 3 aromatic rings. The third kappa shape index (κ3) is 4.33. The quantitative estimate of drug-likeness (QED) is 0.320. The van der Waals surface area contributed by atoms with Gasteiger partial charge >= 0.3 is 11.9 Å². The molecule has 5 nitrogen and oxygen atoms in total. The zero-order valence-corrected chi connectivity index (χ0v) is 16.6. The van der Waals surface area contributed by atoms with E-state index < -0.39 is 11.9 Å².